The Labute approximate surface area is 129 Å². The van der Waals surface area contributed by atoms with Crippen LogP contribution < -0.4 is 0 Å². The molecule has 0 aliphatic heterocycles. The molecule has 0 radical (unpaired) electrons. The van der Waals surface area contributed by atoms with Crippen LogP contribution in [0.1, 0.15) is 40.5 Å². The van der Waals surface area contributed by atoms with Crippen molar-refractivity contribution in [3.8, 4) is 0 Å². The number of hydrogen-bond acceptors (Lipinski definition) is 6. The molecule has 0 spiro atoms. The third kappa shape index (κ3) is 22.7. The summed E-state index contributed by atoms with van der Waals surface area (Å²) in [7, 11) is 0. The van der Waals surface area contributed by atoms with E-state index in [4.69, 9.17) is 0 Å². The van der Waals surface area contributed by atoms with Crippen molar-refractivity contribution in [2.24, 2.45) is 0 Å². The molecule has 0 saturated heterocycles. The van der Waals surface area contributed by atoms with Crippen LogP contribution in [0, 0.1) is 0 Å². The molecule has 7 heteroatoms. The largest absolute Gasteiger partial charge is 0.466 e. The van der Waals surface area contributed by atoms with Crippen molar-refractivity contribution >= 4 is 46.6 Å². The van der Waals surface area contributed by atoms with Gasteiger partial charge in [0, 0.05) is 0 Å². The van der Waals surface area contributed by atoms with Crippen LogP contribution in [0.2, 0.25) is 0 Å². The normalized spacial score (nSPS) is 8.21. The average Bonchev–Trinajstić information content (AvgIpc) is 2.16. The molecule has 0 aromatic rings. The van der Waals surface area contributed by atoms with Crippen molar-refractivity contribution in [2.75, 3.05) is 13.2 Å². The molecule has 0 rings (SSSR count). The van der Waals surface area contributed by atoms with Crippen molar-refractivity contribution in [2.45, 2.75) is 40.5 Å². The van der Waals surface area contributed by atoms with Crippen LogP contribution in [0.25, 0.3) is 0 Å². The highest BCUT2D eigenvalue weighted by atomic mass is 24.3. The first-order valence-corrected chi connectivity index (χ1v) is 5.63. The van der Waals surface area contributed by atoms with E-state index >= 15 is 0 Å². The molecule has 0 aromatic heterocycles. The van der Waals surface area contributed by atoms with Gasteiger partial charge in [0.25, 0.3) is 0 Å². The van der Waals surface area contributed by atoms with E-state index in [1.165, 1.54) is 13.8 Å². The van der Waals surface area contributed by atoms with Gasteiger partial charge in [-0.05, 0) is 27.7 Å². The second-order valence-electron chi connectivity index (χ2n) is 3.37. The van der Waals surface area contributed by atoms with Crippen LogP contribution in [-0.4, -0.2) is 59.8 Å². The molecular weight excluding hydrogens is 264 g/mol. The zero-order valence-electron chi connectivity index (χ0n) is 11.3. The summed E-state index contributed by atoms with van der Waals surface area (Å²) in [5.74, 6) is -1.20. The number of carbonyl (C=O) groups excluding carboxylic acids is 4. The maximum Gasteiger partial charge on any atom is 0.316 e. The monoisotopic (exact) mass is 286 g/mol. The first-order valence-electron chi connectivity index (χ1n) is 5.63. The van der Waals surface area contributed by atoms with E-state index in [-0.39, 0.29) is 47.5 Å². The van der Waals surface area contributed by atoms with Gasteiger partial charge in [-0.15, -0.1) is 0 Å². The molecule has 0 aliphatic carbocycles. The Morgan fingerprint density at radius 2 is 1.00 bits per heavy atom. The Hall–Kier alpha value is -0.954. The molecule has 6 nitrogen and oxygen atoms in total. The van der Waals surface area contributed by atoms with Crippen molar-refractivity contribution in [3.05, 3.63) is 0 Å². The predicted octanol–water partition coefficient (Wildman–Crippen LogP) is 0.141. The second-order valence-corrected chi connectivity index (χ2v) is 3.37. The molecule has 0 bridgehead atoms. The molecule has 0 unspecified atom stereocenters. The molecule has 0 N–H and O–H groups in total. The molecule has 0 fully saturated rings. The van der Waals surface area contributed by atoms with Crippen LogP contribution in [0.3, 0.4) is 0 Å². The highest BCUT2D eigenvalue weighted by Gasteiger charge is 2.03. The Balaban J connectivity index is -0.000000256. The van der Waals surface area contributed by atoms with Gasteiger partial charge in [-0.2, -0.15) is 0 Å². The molecule has 0 atom stereocenters. The Morgan fingerprint density at radius 3 is 1.16 bits per heavy atom. The van der Waals surface area contributed by atoms with Crippen molar-refractivity contribution in [1.82, 2.24) is 0 Å². The topological polar surface area (TPSA) is 86.7 Å². The highest BCUT2D eigenvalue weighted by Crippen LogP contribution is 1.86. The fourth-order valence-electron chi connectivity index (χ4n) is 0.831. The highest BCUT2D eigenvalue weighted by molar-refractivity contribution is 5.94. The number of Topliss-reactive ketones (excluding diaryl/α,β-unsaturated/α-hetero) is 2. The molecule has 0 heterocycles. The van der Waals surface area contributed by atoms with E-state index < -0.39 is 11.9 Å². The number of hydrogen-bond donors (Lipinski definition) is 0. The lowest BCUT2D eigenvalue weighted by Gasteiger charge is -1.96. The fourth-order valence-corrected chi connectivity index (χ4v) is 0.831. The van der Waals surface area contributed by atoms with Gasteiger partial charge in [0.05, 0.1) is 13.2 Å². The zero-order valence-corrected chi connectivity index (χ0v) is 11.3. The summed E-state index contributed by atoms with van der Waals surface area (Å²) in [6, 6.07) is 0. The van der Waals surface area contributed by atoms with Gasteiger partial charge in [-0.1, -0.05) is 0 Å². The Bertz CT molecular complexity index is 271. The number of esters is 2. The lowest BCUT2D eigenvalue weighted by Crippen LogP contribution is -2.07. The maximum absolute atomic E-state index is 10.4. The van der Waals surface area contributed by atoms with Crippen LogP contribution in [0.15, 0.2) is 0 Å². The smallest absolute Gasteiger partial charge is 0.316 e. The molecule has 19 heavy (non-hydrogen) atoms. The molecule has 108 valence electrons. The minimum absolute atomic E-state index is 0. The van der Waals surface area contributed by atoms with Gasteiger partial charge in [-0.3, -0.25) is 19.2 Å². The third-order valence-corrected chi connectivity index (χ3v) is 1.40. The van der Waals surface area contributed by atoms with Crippen LogP contribution in [0.4, 0.5) is 0 Å². The summed E-state index contributed by atoms with van der Waals surface area (Å²) >= 11 is 0. The molecule has 0 saturated carbocycles. The number of ketones is 2. The summed E-state index contributed by atoms with van der Waals surface area (Å²) in [5, 5.41) is 0. The standard InChI is InChI=1S/2C6H10O3.Mg.2H/c2*1-3-9-6(8)4-5(2)7;;;/h2*3-4H2,1-2H3;;;. The van der Waals surface area contributed by atoms with Crippen LogP contribution in [0.5, 0.6) is 0 Å². The van der Waals surface area contributed by atoms with Gasteiger partial charge in [-0.25, -0.2) is 0 Å². The molecule has 0 amide bonds. The molecule has 0 aromatic carbocycles. The van der Waals surface area contributed by atoms with Gasteiger partial charge in [0.1, 0.15) is 24.4 Å². The lowest BCUT2D eigenvalue weighted by molar-refractivity contribution is -0.146. The summed E-state index contributed by atoms with van der Waals surface area (Å²) < 4.78 is 8.99. The van der Waals surface area contributed by atoms with E-state index in [0.29, 0.717) is 13.2 Å². The van der Waals surface area contributed by atoms with Gasteiger partial charge < -0.3 is 9.47 Å². The first kappa shape index (κ1) is 23.2. The summed E-state index contributed by atoms with van der Waals surface area (Å²) in [4.78, 5) is 41.3. The summed E-state index contributed by atoms with van der Waals surface area (Å²) in [6.07, 6.45) is -0.207. The minimum atomic E-state index is -0.440. The van der Waals surface area contributed by atoms with Gasteiger partial charge in [0.15, 0.2) is 0 Å². The second kappa shape index (κ2) is 15.1. The zero-order chi connectivity index (χ0) is 14.6. The lowest BCUT2D eigenvalue weighted by atomic mass is 10.3. The summed E-state index contributed by atoms with van der Waals surface area (Å²) in [6.45, 7) is 6.81. The molecular formula is C12H22MgO6. The number of ether oxygens (including phenoxy) is 2. The number of carbonyl (C=O) groups is 4. The van der Waals surface area contributed by atoms with Crippen molar-refractivity contribution in [1.29, 1.82) is 0 Å². The van der Waals surface area contributed by atoms with Gasteiger partial charge >= 0.3 is 35.0 Å². The minimum Gasteiger partial charge on any atom is -0.466 e. The third-order valence-electron chi connectivity index (χ3n) is 1.40. The quantitative estimate of drug-likeness (QED) is 0.392. The van der Waals surface area contributed by atoms with E-state index in [0.717, 1.165) is 0 Å². The van der Waals surface area contributed by atoms with E-state index in [2.05, 4.69) is 9.47 Å². The number of rotatable bonds is 6. The van der Waals surface area contributed by atoms with Crippen molar-refractivity contribution in [3.63, 3.8) is 0 Å². The SMILES string of the molecule is CCOC(=O)CC(C)=O.CCOC(=O)CC(C)=O.[MgH2]. The van der Waals surface area contributed by atoms with Crippen molar-refractivity contribution < 1.29 is 28.7 Å². The Kier molecular flexibility index (Phi) is 18.4. The predicted molar refractivity (Wildman–Crippen MR) is 72.4 cm³/mol. The summed E-state index contributed by atoms with van der Waals surface area (Å²) in [5.41, 5.74) is 0. The van der Waals surface area contributed by atoms with Crippen LogP contribution >= 0.6 is 0 Å². The first-order chi connectivity index (χ1) is 8.33. The van der Waals surface area contributed by atoms with Gasteiger partial charge in [0.2, 0.25) is 0 Å². The average molecular weight is 287 g/mol. The van der Waals surface area contributed by atoms with Crippen LogP contribution in [-0.2, 0) is 28.7 Å². The van der Waals surface area contributed by atoms with E-state index in [9.17, 15) is 19.2 Å². The maximum atomic E-state index is 10.4. The fraction of sp³-hybridized carbons (Fsp3) is 0.667. The Morgan fingerprint density at radius 1 is 0.737 bits per heavy atom. The van der Waals surface area contributed by atoms with E-state index in [1.807, 2.05) is 0 Å². The van der Waals surface area contributed by atoms with E-state index in [1.54, 1.807) is 13.8 Å². The molecule has 0 aliphatic rings.